The minimum absolute atomic E-state index is 0.0267. The first kappa shape index (κ1) is 30.3. The molecule has 0 aliphatic carbocycles. The lowest BCUT2D eigenvalue weighted by Gasteiger charge is -2.32. The number of hydrogen-bond donors (Lipinski definition) is 2. The Kier molecular flexibility index (Phi) is 7.87. The van der Waals surface area contributed by atoms with E-state index in [1.165, 1.54) is 32.0 Å². The van der Waals surface area contributed by atoms with Gasteiger partial charge in [-0.05, 0) is 61.7 Å². The molecule has 1 amide bonds. The molecule has 2 aromatic carbocycles. The zero-order chi connectivity index (χ0) is 30.5. The molecular weight excluding hydrogens is 552 g/mol. The molecule has 0 spiro atoms. The summed E-state index contributed by atoms with van der Waals surface area (Å²) in [5.74, 6) is -0.350. The van der Waals surface area contributed by atoms with Gasteiger partial charge >= 0.3 is 12.4 Å². The van der Waals surface area contributed by atoms with Crippen molar-refractivity contribution in [3.63, 3.8) is 0 Å². The summed E-state index contributed by atoms with van der Waals surface area (Å²) in [5, 5.41) is 20.0. The second-order valence-corrected chi connectivity index (χ2v) is 10.7. The van der Waals surface area contributed by atoms with Gasteiger partial charge in [0.15, 0.2) is 0 Å². The summed E-state index contributed by atoms with van der Waals surface area (Å²) in [6, 6.07) is 10.1. The number of alkyl halides is 6. The van der Waals surface area contributed by atoms with E-state index in [4.69, 9.17) is 0 Å². The van der Waals surface area contributed by atoms with Gasteiger partial charge < -0.3 is 20.0 Å². The molecule has 1 aliphatic heterocycles. The summed E-state index contributed by atoms with van der Waals surface area (Å²) >= 11 is 0. The van der Waals surface area contributed by atoms with E-state index in [-0.39, 0.29) is 24.8 Å². The zero-order valence-electron chi connectivity index (χ0n) is 22.7. The topological polar surface area (TPSA) is 76.9 Å². The molecule has 2 unspecified atom stereocenters. The number of carbonyl (C=O) groups is 1. The Hall–Kier alpha value is -3.64. The SMILES string of the molecule is Cc1ccccc1-c1cc(N2CC(O)C(O)C2)ncc1N(C)C(=O)C(C)(C)c1cc(C(F)(F)F)cc(C(F)(F)F)c1. The van der Waals surface area contributed by atoms with Crippen LogP contribution in [0.1, 0.15) is 36.1 Å². The van der Waals surface area contributed by atoms with Gasteiger partial charge in [0.25, 0.3) is 0 Å². The summed E-state index contributed by atoms with van der Waals surface area (Å²) in [5.41, 5.74) is -2.93. The number of amides is 1. The predicted octanol–water partition coefficient (Wildman–Crippen LogP) is 5.58. The molecule has 2 atom stereocenters. The Morgan fingerprint density at radius 3 is 1.90 bits per heavy atom. The third-order valence-electron chi connectivity index (χ3n) is 7.40. The normalized spacial score (nSPS) is 18.1. The standard InChI is InChI=1S/C29H29F6N3O3/c1-16-7-5-6-8-20(16)21-12-25(38-14-23(39)24(40)15-38)36-13-22(21)37(4)26(41)27(2,3)17-9-18(28(30,31)32)11-19(10-17)29(33,34)35/h5-13,23-24,39-40H,14-15H2,1-4H3. The summed E-state index contributed by atoms with van der Waals surface area (Å²) < 4.78 is 81.2. The van der Waals surface area contributed by atoms with E-state index in [0.717, 1.165) is 5.56 Å². The average Bonchev–Trinajstić information content (AvgIpc) is 3.24. The Morgan fingerprint density at radius 2 is 1.39 bits per heavy atom. The minimum atomic E-state index is -5.06. The molecule has 1 fully saturated rings. The van der Waals surface area contributed by atoms with Gasteiger partial charge in [-0.15, -0.1) is 0 Å². The predicted molar refractivity (Wildman–Crippen MR) is 142 cm³/mol. The van der Waals surface area contributed by atoms with Crippen molar-refractivity contribution in [2.24, 2.45) is 0 Å². The monoisotopic (exact) mass is 581 g/mol. The van der Waals surface area contributed by atoms with Crippen LogP contribution in [-0.2, 0) is 22.6 Å². The molecule has 2 N–H and O–H groups in total. The van der Waals surface area contributed by atoms with Crippen LogP contribution >= 0.6 is 0 Å². The number of rotatable bonds is 5. The number of anilines is 2. The van der Waals surface area contributed by atoms with Gasteiger partial charge in [0.05, 0.1) is 40.6 Å². The van der Waals surface area contributed by atoms with Crippen LogP contribution in [0.25, 0.3) is 11.1 Å². The van der Waals surface area contributed by atoms with E-state index >= 15 is 0 Å². The maximum atomic E-state index is 13.8. The molecule has 0 saturated carbocycles. The van der Waals surface area contributed by atoms with Crippen molar-refractivity contribution in [1.82, 2.24) is 4.98 Å². The van der Waals surface area contributed by atoms with Crippen LogP contribution < -0.4 is 9.80 Å². The van der Waals surface area contributed by atoms with E-state index in [9.17, 15) is 41.4 Å². The molecule has 2 heterocycles. The Morgan fingerprint density at radius 1 is 0.878 bits per heavy atom. The van der Waals surface area contributed by atoms with Crippen LogP contribution in [0.3, 0.4) is 0 Å². The molecule has 1 aromatic heterocycles. The maximum Gasteiger partial charge on any atom is 0.416 e. The molecule has 220 valence electrons. The number of aromatic nitrogens is 1. The smallest absolute Gasteiger partial charge is 0.389 e. The Labute approximate surface area is 232 Å². The number of aryl methyl sites for hydroxylation is 1. The van der Waals surface area contributed by atoms with Crippen molar-refractivity contribution in [2.75, 3.05) is 29.9 Å². The fourth-order valence-electron chi connectivity index (χ4n) is 4.89. The largest absolute Gasteiger partial charge is 0.416 e. The van der Waals surface area contributed by atoms with Crippen molar-refractivity contribution in [1.29, 1.82) is 0 Å². The van der Waals surface area contributed by atoms with Gasteiger partial charge in [-0.3, -0.25) is 4.79 Å². The second kappa shape index (κ2) is 10.6. The fourth-order valence-corrected chi connectivity index (χ4v) is 4.89. The molecule has 4 rings (SSSR count). The first-order valence-corrected chi connectivity index (χ1v) is 12.7. The number of pyridine rings is 1. The number of hydrogen-bond acceptors (Lipinski definition) is 5. The van der Waals surface area contributed by atoms with Crippen molar-refractivity contribution in [3.8, 4) is 11.1 Å². The van der Waals surface area contributed by atoms with Crippen LogP contribution in [0.5, 0.6) is 0 Å². The lowest BCUT2D eigenvalue weighted by molar-refractivity contribution is -0.143. The number of aliphatic hydroxyl groups excluding tert-OH is 2. The van der Waals surface area contributed by atoms with Crippen molar-refractivity contribution in [3.05, 3.63) is 77.0 Å². The van der Waals surface area contributed by atoms with Crippen LogP contribution in [-0.4, -0.2) is 53.4 Å². The number of benzene rings is 2. The summed E-state index contributed by atoms with van der Waals surface area (Å²) in [6.45, 7) is 4.63. The third kappa shape index (κ3) is 6.03. The highest BCUT2D eigenvalue weighted by Crippen LogP contribution is 2.41. The van der Waals surface area contributed by atoms with Crippen LogP contribution in [0.2, 0.25) is 0 Å². The van der Waals surface area contributed by atoms with Gasteiger partial charge in [-0.25, -0.2) is 4.98 Å². The third-order valence-corrected chi connectivity index (χ3v) is 7.40. The van der Waals surface area contributed by atoms with Gasteiger partial charge in [0, 0.05) is 25.7 Å². The van der Waals surface area contributed by atoms with E-state index in [2.05, 4.69) is 4.98 Å². The molecule has 0 radical (unpaired) electrons. The van der Waals surface area contributed by atoms with Crippen LogP contribution in [0.4, 0.5) is 37.8 Å². The highest BCUT2D eigenvalue weighted by molar-refractivity contribution is 6.03. The molecular formula is C29H29F6N3O3. The number of halogens is 6. The minimum Gasteiger partial charge on any atom is -0.389 e. The highest BCUT2D eigenvalue weighted by Gasteiger charge is 2.41. The first-order chi connectivity index (χ1) is 18.9. The van der Waals surface area contributed by atoms with Crippen molar-refractivity contribution >= 4 is 17.4 Å². The number of likely N-dealkylation sites (N-methyl/N-ethyl adjacent to an activating group) is 1. The van der Waals surface area contributed by atoms with Gasteiger partial charge in [0.1, 0.15) is 5.82 Å². The quantitative estimate of drug-likeness (QED) is 0.385. The summed E-state index contributed by atoms with van der Waals surface area (Å²) in [6.07, 6.45) is -10.7. The molecule has 12 heteroatoms. The molecule has 0 bridgehead atoms. The molecule has 41 heavy (non-hydrogen) atoms. The van der Waals surface area contributed by atoms with E-state index in [1.54, 1.807) is 23.1 Å². The number of carbonyl (C=O) groups excluding carboxylic acids is 1. The van der Waals surface area contributed by atoms with Crippen molar-refractivity contribution < 1.29 is 41.4 Å². The Bertz CT molecular complexity index is 1410. The first-order valence-electron chi connectivity index (χ1n) is 12.7. The van der Waals surface area contributed by atoms with Gasteiger partial charge in [0.2, 0.25) is 5.91 Å². The van der Waals surface area contributed by atoms with Gasteiger partial charge in [-0.2, -0.15) is 26.3 Å². The van der Waals surface area contributed by atoms with Crippen LogP contribution in [0, 0.1) is 6.92 Å². The number of aliphatic hydroxyl groups is 2. The number of β-amino-alcohol motifs (C(OH)–C–C–N with tert-alkyl or cyclic N) is 2. The second-order valence-electron chi connectivity index (χ2n) is 10.7. The molecule has 6 nitrogen and oxygen atoms in total. The highest BCUT2D eigenvalue weighted by atomic mass is 19.4. The van der Waals surface area contributed by atoms with Crippen LogP contribution in [0.15, 0.2) is 54.7 Å². The molecule has 1 aliphatic rings. The fraction of sp³-hybridized carbons (Fsp3) is 0.379. The summed E-state index contributed by atoms with van der Waals surface area (Å²) in [7, 11) is 1.38. The number of nitrogens with zero attached hydrogens (tertiary/aromatic N) is 3. The van der Waals surface area contributed by atoms with E-state index in [1.807, 2.05) is 19.1 Å². The van der Waals surface area contributed by atoms with E-state index in [0.29, 0.717) is 29.1 Å². The maximum absolute atomic E-state index is 13.8. The van der Waals surface area contributed by atoms with Crippen molar-refractivity contribution in [2.45, 2.75) is 50.7 Å². The summed E-state index contributed by atoms with van der Waals surface area (Å²) in [4.78, 5) is 21.1. The lowest BCUT2D eigenvalue weighted by atomic mass is 9.81. The Balaban J connectivity index is 1.81. The molecule has 1 saturated heterocycles. The van der Waals surface area contributed by atoms with E-state index < -0.39 is 52.6 Å². The lowest BCUT2D eigenvalue weighted by Crippen LogP contribution is -2.42. The zero-order valence-corrected chi connectivity index (χ0v) is 22.7. The van der Waals surface area contributed by atoms with Gasteiger partial charge in [-0.1, -0.05) is 24.3 Å². The molecule has 3 aromatic rings. The average molecular weight is 582 g/mol.